The molecule has 0 radical (unpaired) electrons. The molecule has 1 aromatic carbocycles. The van der Waals surface area contributed by atoms with E-state index in [1.165, 1.54) is 0 Å². The normalized spacial score (nSPS) is 24.9. The number of hydrogen-bond donors (Lipinski definition) is 0. The molecule has 1 heterocycles. The maximum atomic E-state index is 13.3. The highest BCUT2D eigenvalue weighted by atomic mass is 16.5. The Balaban J connectivity index is 1.79. The lowest BCUT2D eigenvalue weighted by atomic mass is 9.69. The van der Waals surface area contributed by atoms with Crippen LogP contribution < -0.4 is 4.74 Å². The Morgan fingerprint density at radius 1 is 1.10 bits per heavy atom. The summed E-state index contributed by atoms with van der Waals surface area (Å²) in [5.41, 5.74) is 2.96. The summed E-state index contributed by atoms with van der Waals surface area (Å²) in [7, 11) is 0. The molecule has 0 aromatic heterocycles. The zero-order valence-electron chi connectivity index (χ0n) is 17.3. The van der Waals surface area contributed by atoms with Crippen LogP contribution in [0, 0.1) is 5.92 Å². The van der Waals surface area contributed by atoms with Crippen LogP contribution in [0.3, 0.4) is 0 Å². The number of carbonyl (C=O) groups excluding carboxylic acids is 2. The second-order valence-electron chi connectivity index (χ2n) is 8.16. The van der Waals surface area contributed by atoms with E-state index < -0.39 is 11.8 Å². The van der Waals surface area contributed by atoms with Crippen molar-refractivity contribution in [3.63, 3.8) is 0 Å². The molecule has 29 heavy (non-hydrogen) atoms. The summed E-state index contributed by atoms with van der Waals surface area (Å²) in [6.07, 6.45) is 6.13. The molecular weight excluding hydrogens is 366 g/mol. The van der Waals surface area contributed by atoms with Crippen LogP contribution in [0.5, 0.6) is 5.75 Å². The molecule has 1 aromatic rings. The van der Waals surface area contributed by atoms with Gasteiger partial charge in [0.1, 0.15) is 17.6 Å². The number of carbonyl (C=O) groups is 2. The maximum Gasteiger partial charge on any atom is 0.336 e. The van der Waals surface area contributed by atoms with Crippen molar-refractivity contribution in [2.45, 2.75) is 70.8 Å². The molecule has 0 bridgehead atoms. The van der Waals surface area contributed by atoms with Gasteiger partial charge in [-0.05, 0) is 58.4 Å². The summed E-state index contributed by atoms with van der Waals surface area (Å²) in [6.45, 7) is 4.32. The number of allylic oxidation sites excluding steroid dienone is 1. The van der Waals surface area contributed by atoms with Gasteiger partial charge in [0.25, 0.3) is 0 Å². The first-order valence-electron chi connectivity index (χ1n) is 10.8. The lowest BCUT2D eigenvalue weighted by molar-refractivity contribution is -0.144. The van der Waals surface area contributed by atoms with Gasteiger partial charge in [-0.2, -0.15) is 0 Å². The summed E-state index contributed by atoms with van der Waals surface area (Å²) in [4.78, 5) is 31.0. The van der Waals surface area contributed by atoms with Crippen LogP contribution in [0.2, 0.25) is 0 Å². The Kier molecular flexibility index (Phi) is 5.84. The molecule has 1 aliphatic heterocycles. The van der Waals surface area contributed by atoms with E-state index in [-0.39, 0.29) is 17.9 Å². The second-order valence-corrected chi connectivity index (χ2v) is 8.16. The first kappa shape index (κ1) is 19.9. The lowest BCUT2D eigenvalue weighted by Gasteiger charge is -2.36. The van der Waals surface area contributed by atoms with Crippen LogP contribution >= 0.6 is 0 Å². The van der Waals surface area contributed by atoms with Gasteiger partial charge in [-0.15, -0.1) is 0 Å². The molecule has 5 heteroatoms. The third-order valence-electron chi connectivity index (χ3n) is 6.26. The van der Waals surface area contributed by atoms with Gasteiger partial charge in [0.05, 0.1) is 18.1 Å². The Morgan fingerprint density at radius 2 is 1.86 bits per heavy atom. The summed E-state index contributed by atoms with van der Waals surface area (Å²) >= 11 is 0. The van der Waals surface area contributed by atoms with E-state index in [0.717, 1.165) is 55.5 Å². The van der Waals surface area contributed by atoms with Crippen molar-refractivity contribution in [3.05, 3.63) is 41.1 Å². The van der Waals surface area contributed by atoms with E-state index in [2.05, 4.69) is 0 Å². The highest BCUT2D eigenvalue weighted by Crippen LogP contribution is 2.46. The van der Waals surface area contributed by atoms with Crippen LogP contribution in [-0.4, -0.2) is 30.2 Å². The summed E-state index contributed by atoms with van der Waals surface area (Å²) in [5.74, 6) is -0.248. The molecule has 0 N–H and O–H groups in total. The third kappa shape index (κ3) is 3.87. The van der Waals surface area contributed by atoms with Gasteiger partial charge in [0.15, 0.2) is 0 Å². The molecule has 2 atom stereocenters. The fourth-order valence-electron chi connectivity index (χ4n) is 4.97. The average Bonchev–Trinajstić information content (AvgIpc) is 3.21. The number of hydrogen-bond acceptors (Lipinski definition) is 5. The topological polar surface area (TPSA) is 65.0 Å². The monoisotopic (exact) mass is 395 g/mol. The van der Waals surface area contributed by atoms with Crippen molar-refractivity contribution in [2.75, 3.05) is 6.61 Å². The minimum Gasteiger partial charge on any atom is -0.494 e. The number of aliphatic imine (C=N–C) groups is 1. The Hall–Kier alpha value is -2.43. The predicted molar refractivity (Wildman–Crippen MR) is 111 cm³/mol. The van der Waals surface area contributed by atoms with Crippen molar-refractivity contribution in [1.82, 2.24) is 0 Å². The Labute approximate surface area is 172 Å². The van der Waals surface area contributed by atoms with Gasteiger partial charge < -0.3 is 9.47 Å². The van der Waals surface area contributed by atoms with E-state index in [9.17, 15) is 9.59 Å². The number of nitrogens with zero attached hydrogens (tertiary/aromatic N) is 1. The van der Waals surface area contributed by atoms with Crippen molar-refractivity contribution < 1.29 is 19.1 Å². The molecule has 5 nitrogen and oxygen atoms in total. The molecule has 3 aliphatic rings. The quantitative estimate of drug-likeness (QED) is 0.675. The highest BCUT2D eigenvalue weighted by molar-refractivity contribution is 6.11. The molecule has 0 spiro atoms. The SMILES string of the molecule is CCOc1ccccc1[C@@H]1C(C(=O)OC2CCCC2)=C(C)N=C2CCCC(=O)C21. The number of rotatable bonds is 5. The van der Waals surface area contributed by atoms with Gasteiger partial charge in [-0.3, -0.25) is 9.79 Å². The fraction of sp³-hybridized carbons (Fsp3) is 0.542. The van der Waals surface area contributed by atoms with Gasteiger partial charge in [-0.1, -0.05) is 18.2 Å². The average molecular weight is 395 g/mol. The molecule has 2 saturated carbocycles. The smallest absolute Gasteiger partial charge is 0.336 e. The maximum absolute atomic E-state index is 13.3. The standard InChI is InChI=1S/C24H29NO4/c1-3-28-20-14-7-6-11-17(20)22-21(24(27)29-16-9-4-5-10-16)15(2)25-18-12-8-13-19(26)23(18)22/h6-7,11,14,16,22-23H,3-5,8-10,12-13H2,1-2H3/t22-,23?/m1/s1. The number of ketones is 1. The van der Waals surface area contributed by atoms with Crippen LogP contribution in [-0.2, 0) is 14.3 Å². The van der Waals surface area contributed by atoms with Gasteiger partial charge in [0, 0.05) is 29.3 Å². The van der Waals surface area contributed by atoms with Crippen molar-refractivity contribution in [2.24, 2.45) is 10.9 Å². The van der Waals surface area contributed by atoms with Gasteiger partial charge in [0.2, 0.25) is 0 Å². The number of benzene rings is 1. The summed E-state index contributed by atoms with van der Waals surface area (Å²) < 4.78 is 11.7. The van der Waals surface area contributed by atoms with E-state index >= 15 is 0 Å². The third-order valence-corrected chi connectivity index (χ3v) is 6.26. The zero-order valence-corrected chi connectivity index (χ0v) is 17.3. The van der Waals surface area contributed by atoms with E-state index in [0.29, 0.717) is 24.3 Å². The molecule has 0 saturated heterocycles. The zero-order chi connectivity index (χ0) is 20.4. The number of Topliss-reactive ketones (excluding diaryl/α,β-unsaturated/α-hetero) is 1. The van der Waals surface area contributed by atoms with Crippen molar-refractivity contribution in [3.8, 4) is 5.75 Å². The van der Waals surface area contributed by atoms with Crippen LogP contribution in [0.15, 0.2) is 40.5 Å². The number of esters is 1. The number of ether oxygens (including phenoxy) is 2. The van der Waals surface area contributed by atoms with Crippen LogP contribution in [0.4, 0.5) is 0 Å². The van der Waals surface area contributed by atoms with Crippen LogP contribution in [0.25, 0.3) is 0 Å². The van der Waals surface area contributed by atoms with Gasteiger partial charge >= 0.3 is 5.97 Å². The molecule has 154 valence electrons. The number of para-hydroxylation sites is 1. The number of fused-ring (bicyclic) bond motifs is 1. The van der Waals surface area contributed by atoms with Crippen molar-refractivity contribution in [1.29, 1.82) is 0 Å². The summed E-state index contributed by atoms with van der Waals surface area (Å²) in [5, 5.41) is 0. The molecule has 4 rings (SSSR count). The highest BCUT2D eigenvalue weighted by Gasteiger charge is 2.45. The largest absolute Gasteiger partial charge is 0.494 e. The Morgan fingerprint density at radius 3 is 2.62 bits per heavy atom. The van der Waals surface area contributed by atoms with E-state index in [1.54, 1.807) is 0 Å². The van der Waals surface area contributed by atoms with Gasteiger partial charge in [-0.25, -0.2) is 4.79 Å². The predicted octanol–water partition coefficient (Wildman–Crippen LogP) is 4.75. The second kappa shape index (κ2) is 8.52. The fourth-order valence-corrected chi connectivity index (χ4v) is 4.97. The van der Waals surface area contributed by atoms with E-state index in [1.807, 2.05) is 38.1 Å². The molecule has 2 fully saturated rings. The first-order valence-corrected chi connectivity index (χ1v) is 10.8. The summed E-state index contributed by atoms with van der Waals surface area (Å²) in [6, 6.07) is 7.73. The molecule has 2 aliphatic carbocycles. The van der Waals surface area contributed by atoms with E-state index in [4.69, 9.17) is 14.5 Å². The van der Waals surface area contributed by atoms with Crippen molar-refractivity contribution >= 4 is 17.5 Å². The lowest BCUT2D eigenvalue weighted by Crippen LogP contribution is -2.39. The minimum absolute atomic E-state index is 0.0296. The molecule has 1 unspecified atom stereocenters. The Bertz CT molecular complexity index is 863. The molecular formula is C24H29NO4. The first-order chi connectivity index (χ1) is 14.1. The minimum atomic E-state index is -0.403. The van der Waals surface area contributed by atoms with Crippen LogP contribution in [0.1, 0.15) is 70.3 Å². The molecule has 0 amide bonds.